The van der Waals surface area contributed by atoms with Crippen LogP contribution in [0.25, 0.3) is 16.8 Å². The molecule has 1 heterocycles. The molecule has 2 amide bonds. The second-order valence-electron chi connectivity index (χ2n) is 8.14. The van der Waals surface area contributed by atoms with Crippen molar-refractivity contribution in [1.82, 2.24) is 4.90 Å². The SMILES string of the molecule is COc1ccc(/C=C2\SC(=O)N(CC(=O)OC(C)C)C2=O)cc1OCc1cccc2ccccc12. The van der Waals surface area contributed by atoms with E-state index in [4.69, 9.17) is 14.2 Å². The van der Waals surface area contributed by atoms with E-state index in [2.05, 4.69) is 18.2 Å². The number of nitrogens with zero attached hydrogens (tertiary/aromatic N) is 1. The number of carbonyl (C=O) groups is 3. The number of thioether (sulfide) groups is 1. The molecule has 4 rings (SSSR count). The number of esters is 1. The smallest absolute Gasteiger partial charge is 0.326 e. The molecule has 0 N–H and O–H groups in total. The fourth-order valence-corrected chi connectivity index (χ4v) is 4.52. The molecule has 1 fully saturated rings. The van der Waals surface area contributed by atoms with Crippen LogP contribution in [0.2, 0.25) is 0 Å². The van der Waals surface area contributed by atoms with Gasteiger partial charge in [0.2, 0.25) is 0 Å². The van der Waals surface area contributed by atoms with Crippen LogP contribution in [0.15, 0.2) is 65.6 Å². The van der Waals surface area contributed by atoms with Gasteiger partial charge in [-0.25, -0.2) is 0 Å². The molecule has 0 saturated carbocycles. The zero-order valence-electron chi connectivity index (χ0n) is 19.6. The Morgan fingerprint density at radius 1 is 1.03 bits per heavy atom. The van der Waals surface area contributed by atoms with Crippen molar-refractivity contribution in [3.05, 3.63) is 76.7 Å². The van der Waals surface area contributed by atoms with Crippen LogP contribution in [0.4, 0.5) is 4.79 Å². The van der Waals surface area contributed by atoms with Crippen molar-refractivity contribution in [2.45, 2.75) is 26.6 Å². The molecule has 0 unspecified atom stereocenters. The van der Waals surface area contributed by atoms with Gasteiger partial charge in [-0.3, -0.25) is 19.3 Å². The maximum atomic E-state index is 12.7. The molecule has 180 valence electrons. The highest BCUT2D eigenvalue weighted by Gasteiger charge is 2.36. The zero-order valence-corrected chi connectivity index (χ0v) is 20.5. The van der Waals surface area contributed by atoms with Crippen molar-refractivity contribution in [3.8, 4) is 11.5 Å². The number of fused-ring (bicyclic) bond motifs is 1. The molecular weight excluding hydrogens is 466 g/mol. The lowest BCUT2D eigenvalue weighted by molar-refractivity contribution is -0.149. The molecule has 35 heavy (non-hydrogen) atoms. The van der Waals surface area contributed by atoms with Gasteiger partial charge in [0.1, 0.15) is 13.2 Å². The van der Waals surface area contributed by atoms with Crippen LogP contribution in [0.5, 0.6) is 11.5 Å². The van der Waals surface area contributed by atoms with Gasteiger partial charge in [0.15, 0.2) is 11.5 Å². The number of benzene rings is 3. The Bertz CT molecular complexity index is 1310. The van der Waals surface area contributed by atoms with Crippen LogP contribution < -0.4 is 9.47 Å². The van der Waals surface area contributed by atoms with Crippen LogP contribution in [-0.4, -0.2) is 41.8 Å². The van der Waals surface area contributed by atoms with Gasteiger partial charge in [0.05, 0.1) is 18.1 Å². The van der Waals surface area contributed by atoms with E-state index >= 15 is 0 Å². The molecule has 0 radical (unpaired) electrons. The minimum absolute atomic E-state index is 0.220. The maximum absolute atomic E-state index is 12.7. The Labute approximate surface area is 207 Å². The first-order chi connectivity index (χ1) is 16.9. The van der Waals surface area contributed by atoms with Crippen LogP contribution >= 0.6 is 11.8 Å². The molecule has 0 spiro atoms. The van der Waals surface area contributed by atoms with Crippen molar-refractivity contribution in [1.29, 1.82) is 0 Å². The molecule has 3 aromatic rings. The molecule has 8 heteroatoms. The Morgan fingerprint density at radius 2 is 1.80 bits per heavy atom. The minimum atomic E-state index is -0.628. The van der Waals surface area contributed by atoms with Crippen molar-refractivity contribution >= 4 is 45.7 Å². The van der Waals surface area contributed by atoms with Gasteiger partial charge >= 0.3 is 5.97 Å². The van der Waals surface area contributed by atoms with Crippen molar-refractivity contribution < 1.29 is 28.6 Å². The van der Waals surface area contributed by atoms with E-state index in [-0.39, 0.29) is 11.0 Å². The monoisotopic (exact) mass is 491 g/mol. The average Bonchev–Trinajstić information content (AvgIpc) is 3.09. The number of amides is 2. The second kappa shape index (κ2) is 10.7. The van der Waals surface area contributed by atoms with Gasteiger partial charge in [-0.2, -0.15) is 0 Å². The van der Waals surface area contributed by atoms with Crippen LogP contribution in [0.1, 0.15) is 25.0 Å². The first kappa shape index (κ1) is 24.3. The summed E-state index contributed by atoms with van der Waals surface area (Å²) >= 11 is 0.784. The molecule has 1 aliphatic rings. The standard InChI is InChI=1S/C27H25NO6S/c1-17(2)34-25(29)15-28-26(30)24(35-27(28)31)14-18-11-12-22(32-3)23(13-18)33-16-20-9-6-8-19-7-4-5-10-21(19)20/h4-14,17H,15-16H2,1-3H3/b24-14-. The molecule has 0 aliphatic carbocycles. The van der Waals surface area contributed by atoms with Crippen LogP contribution in [0.3, 0.4) is 0 Å². The summed E-state index contributed by atoms with van der Waals surface area (Å²) in [7, 11) is 1.56. The third-order valence-corrected chi connectivity index (χ3v) is 6.18. The lowest BCUT2D eigenvalue weighted by Gasteiger charge is -2.13. The first-order valence-corrected chi connectivity index (χ1v) is 11.9. The summed E-state index contributed by atoms with van der Waals surface area (Å²) in [6.07, 6.45) is 1.27. The topological polar surface area (TPSA) is 82.1 Å². The predicted molar refractivity (Wildman–Crippen MR) is 135 cm³/mol. The van der Waals surface area contributed by atoms with E-state index < -0.39 is 23.7 Å². The lowest BCUT2D eigenvalue weighted by atomic mass is 10.1. The summed E-state index contributed by atoms with van der Waals surface area (Å²) in [6, 6.07) is 19.4. The van der Waals surface area contributed by atoms with Crippen molar-refractivity contribution in [2.75, 3.05) is 13.7 Å². The van der Waals surface area contributed by atoms with E-state index in [9.17, 15) is 14.4 Å². The van der Waals surface area contributed by atoms with Gasteiger partial charge in [-0.05, 0) is 65.7 Å². The number of carbonyl (C=O) groups excluding carboxylic acids is 3. The number of methoxy groups -OCH3 is 1. The normalized spacial score (nSPS) is 14.7. The third-order valence-electron chi connectivity index (χ3n) is 5.28. The summed E-state index contributed by atoms with van der Waals surface area (Å²) in [5.41, 5.74) is 1.69. The van der Waals surface area contributed by atoms with E-state index in [0.29, 0.717) is 23.7 Å². The Morgan fingerprint density at radius 3 is 2.57 bits per heavy atom. The maximum Gasteiger partial charge on any atom is 0.326 e. The molecule has 3 aromatic carbocycles. The molecule has 0 aromatic heterocycles. The Hall–Kier alpha value is -3.78. The van der Waals surface area contributed by atoms with Gasteiger partial charge in [0.25, 0.3) is 11.1 Å². The largest absolute Gasteiger partial charge is 0.493 e. The highest BCUT2D eigenvalue weighted by atomic mass is 32.2. The molecular formula is C27H25NO6S. The number of ether oxygens (including phenoxy) is 3. The Balaban J connectivity index is 1.53. The summed E-state index contributed by atoms with van der Waals surface area (Å²) in [4.78, 5) is 38.1. The van der Waals surface area contributed by atoms with E-state index in [1.807, 2.05) is 24.3 Å². The van der Waals surface area contributed by atoms with Gasteiger partial charge in [-0.15, -0.1) is 0 Å². The summed E-state index contributed by atoms with van der Waals surface area (Å²) in [5.74, 6) is -0.104. The highest BCUT2D eigenvalue weighted by Crippen LogP contribution is 2.35. The fourth-order valence-electron chi connectivity index (χ4n) is 3.69. The highest BCUT2D eigenvalue weighted by molar-refractivity contribution is 8.18. The summed E-state index contributed by atoms with van der Waals surface area (Å²) < 4.78 is 16.6. The quantitative estimate of drug-likeness (QED) is 0.308. The number of hydrogen-bond donors (Lipinski definition) is 0. The lowest BCUT2D eigenvalue weighted by Crippen LogP contribution is -2.35. The van der Waals surface area contributed by atoms with Gasteiger partial charge in [0, 0.05) is 0 Å². The van der Waals surface area contributed by atoms with Crippen molar-refractivity contribution in [3.63, 3.8) is 0 Å². The average molecular weight is 492 g/mol. The fraction of sp³-hybridized carbons (Fsp3) is 0.222. The van der Waals surface area contributed by atoms with Crippen LogP contribution in [-0.2, 0) is 20.9 Å². The zero-order chi connectivity index (χ0) is 24.9. The number of imide groups is 1. The molecule has 0 atom stereocenters. The molecule has 0 bridgehead atoms. The first-order valence-electron chi connectivity index (χ1n) is 11.1. The summed E-state index contributed by atoms with van der Waals surface area (Å²) in [5, 5.41) is 1.72. The number of hydrogen-bond acceptors (Lipinski definition) is 7. The predicted octanol–water partition coefficient (Wildman–Crippen LogP) is 5.42. The Kier molecular flexibility index (Phi) is 7.41. The van der Waals surface area contributed by atoms with Gasteiger partial charge < -0.3 is 14.2 Å². The van der Waals surface area contributed by atoms with Crippen LogP contribution in [0, 0.1) is 0 Å². The molecule has 1 saturated heterocycles. The molecule has 1 aliphatic heterocycles. The molecule has 7 nitrogen and oxygen atoms in total. The van der Waals surface area contributed by atoms with E-state index in [1.54, 1.807) is 45.2 Å². The van der Waals surface area contributed by atoms with E-state index in [1.165, 1.54) is 0 Å². The summed E-state index contributed by atoms with van der Waals surface area (Å²) in [6.45, 7) is 3.32. The van der Waals surface area contributed by atoms with E-state index in [0.717, 1.165) is 33.0 Å². The van der Waals surface area contributed by atoms with Crippen molar-refractivity contribution in [2.24, 2.45) is 0 Å². The minimum Gasteiger partial charge on any atom is -0.493 e. The second-order valence-corrected chi connectivity index (χ2v) is 9.14. The third kappa shape index (κ3) is 5.66. The van der Waals surface area contributed by atoms with Gasteiger partial charge in [-0.1, -0.05) is 48.5 Å². The number of rotatable bonds is 8.